The molecule has 0 saturated carbocycles. The molecule has 0 amide bonds. The summed E-state index contributed by atoms with van der Waals surface area (Å²) in [6.07, 6.45) is -7.02. The predicted octanol–water partition coefficient (Wildman–Crippen LogP) is 4.21. The average molecular weight is 430 g/mol. The first kappa shape index (κ1) is 21.3. The monoisotopic (exact) mass is 430 g/mol. The zero-order valence-electron chi connectivity index (χ0n) is 15.1. The zero-order chi connectivity index (χ0) is 22.1. The molecule has 0 aliphatic rings. The average Bonchev–Trinajstić information content (AvgIpc) is 3.10. The van der Waals surface area contributed by atoms with E-state index in [0.29, 0.717) is 18.2 Å². The van der Waals surface area contributed by atoms with Gasteiger partial charge in [0.1, 0.15) is 5.69 Å². The molecule has 6 nitrogen and oxygen atoms in total. The third kappa shape index (κ3) is 4.26. The predicted molar refractivity (Wildman–Crippen MR) is 90.1 cm³/mol. The Bertz CT molecular complexity index is 1060. The van der Waals surface area contributed by atoms with E-state index in [4.69, 9.17) is 0 Å². The molecule has 2 heterocycles. The number of methoxy groups -OCH3 is 1. The third-order valence-corrected chi connectivity index (χ3v) is 4.11. The van der Waals surface area contributed by atoms with Gasteiger partial charge in [0.05, 0.1) is 24.8 Å². The summed E-state index contributed by atoms with van der Waals surface area (Å²) < 4.78 is 84.8. The molecule has 0 atom stereocenters. The van der Waals surface area contributed by atoms with Gasteiger partial charge in [0.25, 0.3) is 0 Å². The van der Waals surface area contributed by atoms with Crippen molar-refractivity contribution in [3.63, 3.8) is 0 Å². The summed E-state index contributed by atoms with van der Waals surface area (Å²) >= 11 is 0. The number of halogens is 6. The number of carbonyl (C=O) groups is 1. The standard InChI is InChI=1S/C18H12F6N4O2/c1-30-16(29)14-15(10-3-2-6-25-8-10)28(27-26-14)9-11-7-12(17(19,20)21)4-5-13(11)18(22,23)24/h2-8H,9H2,1H3. The largest absolute Gasteiger partial charge is 0.464 e. The van der Waals surface area contributed by atoms with Crippen LogP contribution < -0.4 is 0 Å². The van der Waals surface area contributed by atoms with Crippen molar-refractivity contribution >= 4 is 5.97 Å². The molecule has 0 saturated heterocycles. The molecule has 0 fully saturated rings. The van der Waals surface area contributed by atoms with E-state index >= 15 is 0 Å². The smallest absolute Gasteiger partial charge is 0.416 e. The molecule has 2 aromatic heterocycles. The molecular weight excluding hydrogens is 418 g/mol. The fraction of sp³-hybridized carbons (Fsp3) is 0.222. The first-order valence-electron chi connectivity index (χ1n) is 8.22. The van der Waals surface area contributed by atoms with Gasteiger partial charge in [-0.3, -0.25) is 4.98 Å². The van der Waals surface area contributed by atoms with Gasteiger partial charge in [0.2, 0.25) is 0 Å². The van der Waals surface area contributed by atoms with Crippen molar-refractivity contribution in [1.29, 1.82) is 0 Å². The fourth-order valence-electron chi connectivity index (χ4n) is 2.79. The SMILES string of the molecule is COC(=O)c1nnn(Cc2cc(C(F)(F)F)ccc2C(F)(F)F)c1-c1cccnc1. The van der Waals surface area contributed by atoms with Crippen LogP contribution in [-0.2, 0) is 23.6 Å². The summed E-state index contributed by atoms with van der Waals surface area (Å²) in [4.78, 5) is 15.9. The molecule has 0 radical (unpaired) electrons. The van der Waals surface area contributed by atoms with Crippen molar-refractivity contribution in [1.82, 2.24) is 20.0 Å². The van der Waals surface area contributed by atoms with Gasteiger partial charge in [-0.25, -0.2) is 9.48 Å². The minimum Gasteiger partial charge on any atom is -0.464 e. The number of hydrogen-bond acceptors (Lipinski definition) is 5. The fourth-order valence-corrected chi connectivity index (χ4v) is 2.79. The van der Waals surface area contributed by atoms with Crippen LogP contribution >= 0.6 is 0 Å². The van der Waals surface area contributed by atoms with Crippen LogP contribution in [0.2, 0.25) is 0 Å². The van der Waals surface area contributed by atoms with Crippen molar-refractivity contribution in [2.75, 3.05) is 7.11 Å². The molecule has 3 aromatic rings. The number of esters is 1. The van der Waals surface area contributed by atoms with E-state index < -0.39 is 41.6 Å². The Kier molecular flexibility index (Phi) is 5.51. The molecule has 0 N–H and O–H groups in total. The van der Waals surface area contributed by atoms with Crippen molar-refractivity contribution in [2.24, 2.45) is 0 Å². The highest BCUT2D eigenvalue weighted by molar-refractivity contribution is 5.93. The number of alkyl halides is 6. The summed E-state index contributed by atoms with van der Waals surface area (Å²) in [5, 5.41) is 7.29. The molecule has 12 heteroatoms. The number of pyridine rings is 1. The summed E-state index contributed by atoms with van der Waals surface area (Å²) in [7, 11) is 1.07. The van der Waals surface area contributed by atoms with E-state index in [0.717, 1.165) is 11.8 Å². The molecule has 0 bridgehead atoms. The number of hydrogen-bond donors (Lipinski definition) is 0. The maximum Gasteiger partial charge on any atom is 0.416 e. The van der Waals surface area contributed by atoms with Gasteiger partial charge in [0.15, 0.2) is 5.69 Å². The second kappa shape index (κ2) is 7.76. The van der Waals surface area contributed by atoms with E-state index in [-0.39, 0.29) is 17.0 Å². The Hall–Kier alpha value is -3.44. The Morgan fingerprint density at radius 3 is 2.40 bits per heavy atom. The van der Waals surface area contributed by atoms with Crippen molar-refractivity contribution < 1.29 is 35.9 Å². The van der Waals surface area contributed by atoms with Crippen LogP contribution in [0.25, 0.3) is 11.3 Å². The third-order valence-electron chi connectivity index (χ3n) is 4.11. The minimum atomic E-state index is -4.90. The van der Waals surface area contributed by atoms with Crippen molar-refractivity contribution in [3.05, 3.63) is 65.1 Å². The number of carbonyl (C=O) groups excluding carboxylic acids is 1. The van der Waals surface area contributed by atoms with Crippen LogP contribution in [0, 0.1) is 0 Å². The van der Waals surface area contributed by atoms with Gasteiger partial charge < -0.3 is 4.74 Å². The lowest BCUT2D eigenvalue weighted by Gasteiger charge is -2.16. The van der Waals surface area contributed by atoms with Crippen LogP contribution in [0.4, 0.5) is 26.3 Å². The molecule has 0 spiro atoms. The van der Waals surface area contributed by atoms with Gasteiger partial charge in [0, 0.05) is 18.0 Å². The molecule has 0 unspecified atom stereocenters. The van der Waals surface area contributed by atoms with Crippen molar-refractivity contribution in [3.8, 4) is 11.3 Å². The van der Waals surface area contributed by atoms with Crippen LogP contribution in [0.5, 0.6) is 0 Å². The van der Waals surface area contributed by atoms with Gasteiger partial charge in [-0.1, -0.05) is 5.21 Å². The normalized spacial score (nSPS) is 12.1. The lowest BCUT2D eigenvalue weighted by Crippen LogP contribution is -2.16. The van der Waals surface area contributed by atoms with E-state index in [9.17, 15) is 31.1 Å². The molecule has 1 aromatic carbocycles. The first-order valence-corrected chi connectivity index (χ1v) is 8.22. The lowest BCUT2D eigenvalue weighted by molar-refractivity contribution is -0.141. The maximum absolute atomic E-state index is 13.4. The molecule has 0 aliphatic heterocycles. The number of benzene rings is 1. The Morgan fingerprint density at radius 1 is 1.10 bits per heavy atom. The Morgan fingerprint density at radius 2 is 1.83 bits per heavy atom. The van der Waals surface area contributed by atoms with Crippen molar-refractivity contribution in [2.45, 2.75) is 18.9 Å². The second-order valence-corrected chi connectivity index (χ2v) is 6.05. The molecule has 0 aliphatic carbocycles. The highest BCUT2D eigenvalue weighted by atomic mass is 19.4. The van der Waals surface area contributed by atoms with Gasteiger partial charge >= 0.3 is 18.3 Å². The molecular formula is C18H12F6N4O2. The molecule has 30 heavy (non-hydrogen) atoms. The Labute approximate surface area is 165 Å². The topological polar surface area (TPSA) is 69.9 Å². The van der Waals surface area contributed by atoms with E-state index in [1.54, 1.807) is 0 Å². The number of nitrogens with zero attached hydrogens (tertiary/aromatic N) is 4. The minimum absolute atomic E-state index is 0.0412. The second-order valence-electron chi connectivity index (χ2n) is 6.05. The molecule has 3 rings (SSSR count). The summed E-state index contributed by atoms with van der Waals surface area (Å²) in [5.74, 6) is -0.916. The quantitative estimate of drug-likeness (QED) is 0.458. The maximum atomic E-state index is 13.4. The summed E-state index contributed by atoms with van der Waals surface area (Å²) in [5.41, 5.74) is -3.29. The van der Waals surface area contributed by atoms with E-state index in [1.807, 2.05) is 0 Å². The van der Waals surface area contributed by atoms with E-state index in [1.165, 1.54) is 24.5 Å². The highest BCUT2D eigenvalue weighted by Gasteiger charge is 2.37. The van der Waals surface area contributed by atoms with Gasteiger partial charge in [-0.2, -0.15) is 26.3 Å². The number of aromatic nitrogens is 4. The van der Waals surface area contributed by atoms with Crippen LogP contribution in [0.3, 0.4) is 0 Å². The zero-order valence-corrected chi connectivity index (χ0v) is 15.1. The number of ether oxygens (including phenoxy) is 1. The molecule has 158 valence electrons. The summed E-state index contributed by atoms with van der Waals surface area (Å²) in [6.45, 7) is -0.729. The van der Waals surface area contributed by atoms with Crippen LogP contribution in [0.1, 0.15) is 27.2 Å². The first-order chi connectivity index (χ1) is 14.0. The number of rotatable bonds is 4. The van der Waals surface area contributed by atoms with Crippen LogP contribution in [0.15, 0.2) is 42.7 Å². The van der Waals surface area contributed by atoms with Crippen LogP contribution in [-0.4, -0.2) is 33.1 Å². The Balaban J connectivity index is 2.17. The lowest BCUT2D eigenvalue weighted by atomic mass is 10.0. The van der Waals surface area contributed by atoms with Gasteiger partial charge in [-0.15, -0.1) is 5.10 Å². The highest BCUT2D eigenvalue weighted by Crippen LogP contribution is 2.37. The summed E-state index contributed by atoms with van der Waals surface area (Å²) in [6, 6.07) is 4.11. The van der Waals surface area contributed by atoms with E-state index in [2.05, 4.69) is 20.0 Å². The van der Waals surface area contributed by atoms with Gasteiger partial charge in [-0.05, 0) is 35.9 Å².